The first-order chi connectivity index (χ1) is 9.54. The van der Waals surface area contributed by atoms with Gasteiger partial charge in [0.25, 0.3) is 0 Å². The highest BCUT2D eigenvalue weighted by Crippen LogP contribution is 2.33. The van der Waals surface area contributed by atoms with Crippen LogP contribution in [-0.4, -0.2) is 6.54 Å². The topological polar surface area (TPSA) is 25.2 Å². The summed E-state index contributed by atoms with van der Waals surface area (Å²) in [5.41, 5.74) is 3.74. The van der Waals surface area contributed by atoms with Gasteiger partial charge in [0.15, 0.2) is 0 Å². The molecule has 0 aliphatic rings. The van der Waals surface area contributed by atoms with E-state index in [9.17, 15) is 0 Å². The van der Waals surface area contributed by atoms with Gasteiger partial charge < -0.3 is 9.73 Å². The lowest BCUT2D eigenvalue weighted by molar-refractivity contribution is 0.493. The fourth-order valence-electron chi connectivity index (χ4n) is 2.51. The van der Waals surface area contributed by atoms with Crippen LogP contribution in [0.15, 0.2) is 33.2 Å². The summed E-state index contributed by atoms with van der Waals surface area (Å²) in [6.07, 6.45) is 1.11. The van der Waals surface area contributed by atoms with Crippen molar-refractivity contribution in [3.8, 4) is 0 Å². The summed E-state index contributed by atoms with van der Waals surface area (Å²) in [6.45, 7) is 9.32. The zero-order valence-corrected chi connectivity index (χ0v) is 14.2. The van der Waals surface area contributed by atoms with Crippen LogP contribution in [0.3, 0.4) is 0 Å². The van der Waals surface area contributed by atoms with Crippen LogP contribution in [0.4, 0.5) is 0 Å². The Labute approximate surface area is 129 Å². The van der Waals surface area contributed by atoms with E-state index < -0.39 is 0 Å². The molecule has 1 atom stereocenters. The molecule has 1 aromatic heterocycles. The van der Waals surface area contributed by atoms with Crippen molar-refractivity contribution >= 4 is 15.9 Å². The smallest absolute Gasteiger partial charge is 0.106 e. The van der Waals surface area contributed by atoms with Gasteiger partial charge in [0.2, 0.25) is 0 Å². The van der Waals surface area contributed by atoms with Crippen LogP contribution in [-0.2, 0) is 0 Å². The highest BCUT2D eigenvalue weighted by Gasteiger charge is 2.21. The van der Waals surface area contributed by atoms with Gasteiger partial charge in [-0.15, -0.1) is 0 Å². The minimum absolute atomic E-state index is 0.168. The molecule has 1 N–H and O–H groups in total. The second kappa shape index (κ2) is 6.59. The molecule has 0 saturated heterocycles. The molecule has 108 valence electrons. The molecule has 2 rings (SSSR count). The van der Waals surface area contributed by atoms with Gasteiger partial charge in [-0.1, -0.05) is 41.1 Å². The van der Waals surface area contributed by atoms with E-state index in [1.807, 2.05) is 13.8 Å². The van der Waals surface area contributed by atoms with Crippen molar-refractivity contribution < 1.29 is 4.42 Å². The van der Waals surface area contributed by atoms with E-state index in [2.05, 4.69) is 59.4 Å². The number of rotatable bonds is 5. The Bertz CT molecular complexity index is 589. The largest absolute Gasteiger partial charge is 0.466 e. The number of furan rings is 1. The highest BCUT2D eigenvalue weighted by molar-refractivity contribution is 9.10. The molecule has 0 aliphatic heterocycles. The van der Waals surface area contributed by atoms with Crippen LogP contribution in [0.25, 0.3) is 0 Å². The predicted octanol–water partition coefficient (Wildman–Crippen LogP) is 5.06. The maximum Gasteiger partial charge on any atom is 0.106 e. The molecule has 0 bridgehead atoms. The van der Waals surface area contributed by atoms with E-state index in [0.717, 1.165) is 24.5 Å². The van der Waals surface area contributed by atoms with Crippen LogP contribution >= 0.6 is 15.9 Å². The monoisotopic (exact) mass is 335 g/mol. The van der Waals surface area contributed by atoms with Gasteiger partial charge >= 0.3 is 0 Å². The van der Waals surface area contributed by atoms with Crippen LogP contribution < -0.4 is 5.32 Å². The minimum atomic E-state index is 0.168. The molecule has 1 aromatic carbocycles. The van der Waals surface area contributed by atoms with Crippen LogP contribution in [0.5, 0.6) is 0 Å². The van der Waals surface area contributed by atoms with Gasteiger partial charge in [-0.05, 0) is 50.9 Å². The maximum absolute atomic E-state index is 5.71. The zero-order chi connectivity index (χ0) is 14.7. The fourth-order valence-corrected chi connectivity index (χ4v) is 3.00. The standard InChI is InChI=1S/C17H22BrNO/c1-5-9-19-17(15-10-12(3)20-13(15)4)14-8-6-7-11(2)16(14)18/h6-8,10,17,19H,5,9H2,1-4H3. The van der Waals surface area contributed by atoms with E-state index in [-0.39, 0.29) is 6.04 Å². The predicted molar refractivity (Wildman–Crippen MR) is 87.2 cm³/mol. The molecule has 0 spiro atoms. The Hall–Kier alpha value is -1.06. The SMILES string of the molecule is CCCNC(c1cc(C)oc1C)c1cccc(C)c1Br. The normalized spacial score (nSPS) is 12.7. The third-order valence-electron chi connectivity index (χ3n) is 3.52. The summed E-state index contributed by atoms with van der Waals surface area (Å²) in [6, 6.07) is 8.71. The Balaban J connectivity index is 2.47. The fraction of sp³-hybridized carbons (Fsp3) is 0.412. The first-order valence-electron chi connectivity index (χ1n) is 7.10. The molecule has 0 saturated carbocycles. The molecule has 0 amide bonds. The molecular weight excluding hydrogens is 314 g/mol. The van der Waals surface area contributed by atoms with E-state index in [0.29, 0.717) is 0 Å². The average Bonchev–Trinajstić information content (AvgIpc) is 2.74. The van der Waals surface area contributed by atoms with Crippen LogP contribution in [0, 0.1) is 20.8 Å². The van der Waals surface area contributed by atoms with Crippen LogP contribution in [0.1, 0.15) is 47.6 Å². The number of nitrogens with one attached hydrogen (secondary N) is 1. The summed E-state index contributed by atoms with van der Waals surface area (Å²) < 4.78 is 6.88. The molecule has 1 unspecified atom stereocenters. The Kier molecular flexibility index (Phi) is 5.06. The Morgan fingerprint density at radius 1 is 1.20 bits per heavy atom. The van der Waals surface area contributed by atoms with E-state index >= 15 is 0 Å². The van der Waals surface area contributed by atoms with E-state index in [1.165, 1.54) is 21.2 Å². The van der Waals surface area contributed by atoms with Crippen molar-refractivity contribution in [3.05, 3.63) is 56.9 Å². The second-order valence-corrected chi connectivity index (χ2v) is 6.03. The molecule has 3 heteroatoms. The number of halogens is 1. The number of hydrogen-bond donors (Lipinski definition) is 1. The van der Waals surface area contributed by atoms with Crippen LogP contribution in [0.2, 0.25) is 0 Å². The summed E-state index contributed by atoms with van der Waals surface area (Å²) in [7, 11) is 0. The molecule has 0 fully saturated rings. The first kappa shape index (κ1) is 15.3. The molecule has 0 aliphatic carbocycles. The number of aryl methyl sites for hydroxylation is 3. The van der Waals surface area contributed by atoms with Gasteiger partial charge in [-0.3, -0.25) is 0 Å². The molecule has 2 aromatic rings. The number of benzene rings is 1. The molecule has 2 nitrogen and oxygen atoms in total. The summed E-state index contributed by atoms with van der Waals surface area (Å²) in [5, 5.41) is 3.63. The minimum Gasteiger partial charge on any atom is -0.466 e. The first-order valence-corrected chi connectivity index (χ1v) is 7.89. The average molecular weight is 336 g/mol. The molecule has 1 heterocycles. The zero-order valence-electron chi connectivity index (χ0n) is 12.6. The van der Waals surface area contributed by atoms with Gasteiger partial charge in [-0.25, -0.2) is 0 Å². The second-order valence-electron chi connectivity index (χ2n) is 5.23. The van der Waals surface area contributed by atoms with Crippen molar-refractivity contribution in [2.75, 3.05) is 6.54 Å². The van der Waals surface area contributed by atoms with E-state index in [1.54, 1.807) is 0 Å². The summed E-state index contributed by atoms with van der Waals surface area (Å²) in [5.74, 6) is 1.95. The Morgan fingerprint density at radius 3 is 2.55 bits per heavy atom. The van der Waals surface area contributed by atoms with Gasteiger partial charge in [0.1, 0.15) is 11.5 Å². The van der Waals surface area contributed by atoms with Crippen molar-refractivity contribution in [1.82, 2.24) is 5.32 Å². The third kappa shape index (κ3) is 3.15. The van der Waals surface area contributed by atoms with Gasteiger partial charge in [0.05, 0.1) is 6.04 Å². The Morgan fingerprint density at radius 2 is 1.95 bits per heavy atom. The summed E-state index contributed by atoms with van der Waals surface area (Å²) in [4.78, 5) is 0. The summed E-state index contributed by atoms with van der Waals surface area (Å²) >= 11 is 3.73. The molecular formula is C17H22BrNO. The lowest BCUT2D eigenvalue weighted by Gasteiger charge is -2.21. The molecule has 0 radical (unpaired) electrons. The van der Waals surface area contributed by atoms with Gasteiger partial charge in [0, 0.05) is 10.0 Å². The van der Waals surface area contributed by atoms with E-state index in [4.69, 9.17) is 4.42 Å². The molecule has 20 heavy (non-hydrogen) atoms. The highest BCUT2D eigenvalue weighted by atomic mass is 79.9. The number of hydrogen-bond acceptors (Lipinski definition) is 2. The van der Waals surface area contributed by atoms with Crippen molar-refractivity contribution in [2.24, 2.45) is 0 Å². The van der Waals surface area contributed by atoms with Crippen molar-refractivity contribution in [3.63, 3.8) is 0 Å². The quantitative estimate of drug-likeness (QED) is 0.826. The van der Waals surface area contributed by atoms with Crippen molar-refractivity contribution in [1.29, 1.82) is 0 Å². The lowest BCUT2D eigenvalue weighted by atomic mass is 9.97. The third-order valence-corrected chi connectivity index (χ3v) is 4.60. The maximum atomic E-state index is 5.71. The van der Waals surface area contributed by atoms with Crippen molar-refractivity contribution in [2.45, 2.75) is 40.2 Å². The lowest BCUT2D eigenvalue weighted by Crippen LogP contribution is -2.24. The van der Waals surface area contributed by atoms with Gasteiger partial charge in [-0.2, -0.15) is 0 Å².